The summed E-state index contributed by atoms with van der Waals surface area (Å²) in [5.41, 5.74) is 0.842. The number of carbonyl (C=O) groups excluding carboxylic acids is 2. The van der Waals surface area contributed by atoms with Gasteiger partial charge in [0.25, 0.3) is 5.91 Å². The second kappa shape index (κ2) is 9.51. The third kappa shape index (κ3) is 4.88. The minimum atomic E-state index is -1.19. The average molecular weight is 437 g/mol. The Morgan fingerprint density at radius 1 is 0.906 bits per heavy atom. The maximum atomic E-state index is 13.8. The van der Waals surface area contributed by atoms with Gasteiger partial charge in [-0.3, -0.25) is 9.59 Å². The molecule has 1 saturated heterocycles. The number of amides is 2. The fraction of sp³-hybridized carbons (Fsp3) is 0.217. The minimum absolute atomic E-state index is 0.0113. The Bertz CT molecular complexity index is 1100. The lowest BCUT2D eigenvalue weighted by Crippen LogP contribution is -2.49. The van der Waals surface area contributed by atoms with E-state index in [0.717, 1.165) is 11.6 Å². The zero-order valence-corrected chi connectivity index (χ0v) is 17.2. The van der Waals surface area contributed by atoms with Crippen LogP contribution in [0, 0.1) is 11.6 Å². The molecule has 0 saturated carbocycles. The standard InChI is InChI=1S/C23H21F2N5O2/c24-19-4-1-3-18(21(19)25)22(32)28-17-7-5-16(6-8-17)15-20(31)29-11-13-30(14-12-29)23-26-9-2-10-27-23/h1-10H,11-15H2,(H,28,32). The Labute approximate surface area is 183 Å². The van der Waals surface area contributed by atoms with E-state index in [4.69, 9.17) is 0 Å². The quantitative estimate of drug-likeness (QED) is 0.664. The summed E-state index contributed by atoms with van der Waals surface area (Å²) in [6, 6.07) is 11.9. The Kier molecular flexibility index (Phi) is 6.34. The second-order valence-electron chi connectivity index (χ2n) is 7.35. The first-order chi connectivity index (χ1) is 15.5. The van der Waals surface area contributed by atoms with Crippen LogP contribution in [0.15, 0.2) is 60.9 Å². The molecule has 7 nitrogen and oxygen atoms in total. The molecule has 2 amide bonds. The molecule has 0 bridgehead atoms. The number of halogens is 2. The van der Waals surface area contributed by atoms with Crippen molar-refractivity contribution in [1.29, 1.82) is 0 Å². The summed E-state index contributed by atoms with van der Waals surface area (Å²) < 4.78 is 27.1. The van der Waals surface area contributed by atoms with Crippen molar-refractivity contribution >= 4 is 23.5 Å². The highest BCUT2D eigenvalue weighted by Crippen LogP contribution is 2.16. The number of aromatic nitrogens is 2. The fourth-order valence-corrected chi connectivity index (χ4v) is 3.48. The van der Waals surface area contributed by atoms with Crippen molar-refractivity contribution in [2.75, 3.05) is 36.4 Å². The third-order valence-corrected chi connectivity index (χ3v) is 5.23. The van der Waals surface area contributed by atoms with Crippen LogP contribution in [-0.4, -0.2) is 52.9 Å². The maximum absolute atomic E-state index is 13.8. The number of nitrogens with one attached hydrogen (secondary N) is 1. The molecule has 32 heavy (non-hydrogen) atoms. The first-order valence-corrected chi connectivity index (χ1v) is 10.2. The lowest BCUT2D eigenvalue weighted by atomic mass is 10.1. The summed E-state index contributed by atoms with van der Waals surface area (Å²) in [5, 5.41) is 2.53. The molecule has 0 radical (unpaired) electrons. The van der Waals surface area contributed by atoms with Crippen molar-refractivity contribution in [2.24, 2.45) is 0 Å². The number of piperazine rings is 1. The van der Waals surface area contributed by atoms with Gasteiger partial charge in [-0.1, -0.05) is 18.2 Å². The summed E-state index contributed by atoms with van der Waals surface area (Å²) >= 11 is 0. The predicted molar refractivity (Wildman–Crippen MR) is 115 cm³/mol. The maximum Gasteiger partial charge on any atom is 0.258 e. The second-order valence-corrected chi connectivity index (χ2v) is 7.35. The average Bonchev–Trinajstić information content (AvgIpc) is 2.82. The summed E-state index contributed by atoms with van der Waals surface area (Å²) in [4.78, 5) is 37.2. The van der Waals surface area contributed by atoms with Crippen molar-refractivity contribution in [3.8, 4) is 0 Å². The van der Waals surface area contributed by atoms with Crippen molar-refractivity contribution in [2.45, 2.75) is 6.42 Å². The van der Waals surface area contributed by atoms with E-state index >= 15 is 0 Å². The van der Waals surface area contributed by atoms with Crippen LogP contribution in [0.25, 0.3) is 0 Å². The molecule has 1 aromatic heterocycles. The van der Waals surface area contributed by atoms with Gasteiger partial charge in [-0.2, -0.15) is 0 Å². The van der Waals surface area contributed by atoms with Gasteiger partial charge in [0.05, 0.1) is 12.0 Å². The monoisotopic (exact) mass is 437 g/mol. The van der Waals surface area contributed by atoms with Gasteiger partial charge in [-0.15, -0.1) is 0 Å². The summed E-state index contributed by atoms with van der Waals surface area (Å²) in [6.07, 6.45) is 3.62. The highest BCUT2D eigenvalue weighted by Gasteiger charge is 2.22. The molecule has 0 atom stereocenters. The fourth-order valence-electron chi connectivity index (χ4n) is 3.48. The summed E-state index contributed by atoms with van der Waals surface area (Å²) in [6.45, 7) is 2.50. The molecule has 2 aromatic carbocycles. The van der Waals surface area contributed by atoms with Crippen molar-refractivity contribution in [1.82, 2.24) is 14.9 Å². The van der Waals surface area contributed by atoms with E-state index in [1.54, 1.807) is 42.7 Å². The third-order valence-electron chi connectivity index (χ3n) is 5.23. The van der Waals surface area contributed by atoms with Gasteiger partial charge in [0.1, 0.15) is 0 Å². The molecule has 0 unspecified atom stereocenters. The van der Waals surface area contributed by atoms with Crippen LogP contribution in [0.5, 0.6) is 0 Å². The number of benzene rings is 2. The summed E-state index contributed by atoms with van der Waals surface area (Å²) in [7, 11) is 0. The zero-order valence-electron chi connectivity index (χ0n) is 17.2. The van der Waals surface area contributed by atoms with E-state index in [0.29, 0.717) is 37.8 Å². The number of rotatable bonds is 5. The molecule has 2 heterocycles. The normalized spacial score (nSPS) is 13.7. The smallest absolute Gasteiger partial charge is 0.258 e. The van der Waals surface area contributed by atoms with Gasteiger partial charge < -0.3 is 15.1 Å². The first-order valence-electron chi connectivity index (χ1n) is 10.2. The van der Waals surface area contributed by atoms with E-state index in [1.165, 1.54) is 12.1 Å². The molecular weight excluding hydrogens is 416 g/mol. The molecule has 9 heteroatoms. The number of carbonyl (C=O) groups is 2. The van der Waals surface area contributed by atoms with Crippen LogP contribution in [0.4, 0.5) is 20.4 Å². The van der Waals surface area contributed by atoms with Crippen LogP contribution >= 0.6 is 0 Å². The molecule has 1 fully saturated rings. The van der Waals surface area contributed by atoms with Crippen LogP contribution in [0.3, 0.4) is 0 Å². The zero-order chi connectivity index (χ0) is 22.5. The van der Waals surface area contributed by atoms with Crippen molar-refractivity contribution in [3.05, 3.63) is 83.7 Å². The molecule has 4 rings (SSSR count). The molecule has 0 aliphatic carbocycles. The van der Waals surface area contributed by atoms with Gasteiger partial charge >= 0.3 is 0 Å². The molecule has 164 valence electrons. The molecule has 3 aromatic rings. The van der Waals surface area contributed by atoms with Gasteiger partial charge in [0, 0.05) is 44.3 Å². The lowest BCUT2D eigenvalue weighted by molar-refractivity contribution is -0.130. The van der Waals surface area contributed by atoms with Gasteiger partial charge in [-0.05, 0) is 35.9 Å². The predicted octanol–water partition coefficient (Wildman–Crippen LogP) is 2.90. The molecule has 1 aliphatic heterocycles. The molecule has 0 spiro atoms. The largest absolute Gasteiger partial charge is 0.339 e. The van der Waals surface area contributed by atoms with E-state index in [2.05, 4.69) is 15.3 Å². The Balaban J connectivity index is 1.30. The number of hydrogen-bond donors (Lipinski definition) is 1. The van der Waals surface area contributed by atoms with E-state index in [-0.39, 0.29) is 17.9 Å². The van der Waals surface area contributed by atoms with Gasteiger partial charge in [0.2, 0.25) is 11.9 Å². The van der Waals surface area contributed by atoms with Crippen molar-refractivity contribution in [3.63, 3.8) is 0 Å². The highest BCUT2D eigenvalue weighted by molar-refractivity contribution is 6.04. The molecule has 1 aliphatic rings. The van der Waals surface area contributed by atoms with Crippen LogP contribution in [0.2, 0.25) is 0 Å². The number of hydrogen-bond acceptors (Lipinski definition) is 5. The first kappa shape index (κ1) is 21.4. The van der Waals surface area contributed by atoms with Gasteiger partial charge in [-0.25, -0.2) is 18.7 Å². The van der Waals surface area contributed by atoms with Crippen LogP contribution in [0.1, 0.15) is 15.9 Å². The molecular formula is C23H21F2N5O2. The topological polar surface area (TPSA) is 78.4 Å². The Morgan fingerprint density at radius 2 is 1.59 bits per heavy atom. The molecule has 1 N–H and O–H groups in total. The number of anilines is 2. The summed E-state index contributed by atoms with van der Waals surface area (Å²) in [5.74, 6) is -2.34. The van der Waals surface area contributed by atoms with Crippen LogP contribution < -0.4 is 10.2 Å². The van der Waals surface area contributed by atoms with E-state index in [9.17, 15) is 18.4 Å². The lowest BCUT2D eigenvalue weighted by Gasteiger charge is -2.34. The van der Waals surface area contributed by atoms with Gasteiger partial charge in [0.15, 0.2) is 11.6 Å². The minimum Gasteiger partial charge on any atom is -0.339 e. The van der Waals surface area contributed by atoms with E-state index < -0.39 is 17.5 Å². The Hall–Kier alpha value is -3.88. The Morgan fingerprint density at radius 3 is 2.28 bits per heavy atom. The highest BCUT2D eigenvalue weighted by atomic mass is 19.2. The van der Waals surface area contributed by atoms with Crippen LogP contribution in [-0.2, 0) is 11.2 Å². The van der Waals surface area contributed by atoms with E-state index in [1.807, 2.05) is 9.80 Å². The SMILES string of the molecule is O=C(Nc1ccc(CC(=O)N2CCN(c3ncccn3)CC2)cc1)c1cccc(F)c1F. The van der Waals surface area contributed by atoms with Crippen molar-refractivity contribution < 1.29 is 18.4 Å². The number of nitrogens with zero attached hydrogens (tertiary/aromatic N) is 4.